The first kappa shape index (κ1) is 19.2. The third-order valence-corrected chi connectivity index (χ3v) is 2.99. The molecule has 1 rings (SSSR count). The van der Waals surface area contributed by atoms with E-state index in [1.807, 2.05) is 0 Å². The van der Waals surface area contributed by atoms with E-state index in [0.717, 1.165) is 18.7 Å². The fraction of sp³-hybridized carbons (Fsp3) is 0.533. The number of alkyl halides is 3. The molecule has 1 atom stereocenters. The summed E-state index contributed by atoms with van der Waals surface area (Å²) in [4.78, 5) is 11.4. The average Bonchev–Trinajstić information content (AvgIpc) is 2.50. The Bertz CT molecular complexity index is 478. The molecule has 0 aromatic heterocycles. The van der Waals surface area contributed by atoms with Crippen LogP contribution >= 0.6 is 0 Å². The zero-order chi connectivity index (χ0) is 17.3. The number of aliphatic hydroxyl groups is 1. The molecule has 0 radical (unpaired) electrons. The van der Waals surface area contributed by atoms with Crippen LogP contribution in [-0.2, 0) is 11.0 Å². The molecule has 0 bridgehead atoms. The number of carbonyl (C=O) groups is 1. The molecule has 0 heterocycles. The van der Waals surface area contributed by atoms with Gasteiger partial charge in [0.2, 0.25) is 5.91 Å². The predicted octanol–water partition coefficient (Wildman–Crippen LogP) is 1.56. The highest BCUT2D eigenvalue weighted by atomic mass is 19.4. The molecule has 1 aromatic rings. The first-order chi connectivity index (χ1) is 10.8. The van der Waals surface area contributed by atoms with Gasteiger partial charge in [0.25, 0.3) is 0 Å². The predicted molar refractivity (Wildman–Crippen MR) is 79.1 cm³/mol. The van der Waals surface area contributed by atoms with Crippen molar-refractivity contribution in [3.8, 4) is 5.75 Å². The zero-order valence-corrected chi connectivity index (χ0v) is 12.8. The zero-order valence-electron chi connectivity index (χ0n) is 12.8. The van der Waals surface area contributed by atoms with Crippen LogP contribution in [0, 0.1) is 0 Å². The lowest BCUT2D eigenvalue weighted by Crippen LogP contribution is -2.35. The van der Waals surface area contributed by atoms with Crippen molar-refractivity contribution in [2.45, 2.75) is 25.1 Å². The number of ether oxygens (including phenoxy) is 1. The number of hydrogen-bond donors (Lipinski definition) is 3. The van der Waals surface area contributed by atoms with Crippen molar-refractivity contribution in [3.05, 3.63) is 29.8 Å². The molecule has 0 saturated heterocycles. The minimum absolute atomic E-state index is 0.0268. The van der Waals surface area contributed by atoms with Gasteiger partial charge in [-0.25, -0.2) is 0 Å². The van der Waals surface area contributed by atoms with Crippen LogP contribution < -0.4 is 15.4 Å². The maximum Gasteiger partial charge on any atom is 0.416 e. The summed E-state index contributed by atoms with van der Waals surface area (Å²) in [7, 11) is 1.79. The standard InChI is InChI=1S/C15H21F3N2O3/c1-19-8-2-3-14(22)20-9-12(21)10-23-13-6-4-11(5-7-13)15(16,17)18/h4-7,12,19,21H,2-3,8-10H2,1H3,(H,20,22). The van der Waals surface area contributed by atoms with Crippen LogP contribution in [0.1, 0.15) is 18.4 Å². The van der Waals surface area contributed by atoms with Gasteiger partial charge < -0.3 is 20.5 Å². The van der Waals surface area contributed by atoms with Crippen molar-refractivity contribution in [1.29, 1.82) is 0 Å². The second-order valence-corrected chi connectivity index (χ2v) is 5.00. The lowest BCUT2D eigenvalue weighted by molar-refractivity contribution is -0.137. The summed E-state index contributed by atoms with van der Waals surface area (Å²) in [6.45, 7) is 0.633. The molecular formula is C15H21F3N2O3. The van der Waals surface area contributed by atoms with Gasteiger partial charge >= 0.3 is 6.18 Å². The Morgan fingerprint density at radius 2 is 1.96 bits per heavy atom. The topological polar surface area (TPSA) is 70.6 Å². The molecule has 0 aliphatic rings. The maximum atomic E-state index is 12.4. The number of halogens is 3. The van der Waals surface area contributed by atoms with E-state index in [1.165, 1.54) is 12.1 Å². The number of rotatable bonds is 9. The van der Waals surface area contributed by atoms with Gasteiger partial charge in [-0.3, -0.25) is 4.79 Å². The van der Waals surface area contributed by atoms with Crippen molar-refractivity contribution in [3.63, 3.8) is 0 Å². The van der Waals surface area contributed by atoms with Crippen LogP contribution in [0.25, 0.3) is 0 Å². The summed E-state index contributed by atoms with van der Waals surface area (Å²) in [6.07, 6.45) is -4.28. The third kappa shape index (κ3) is 7.85. The summed E-state index contributed by atoms with van der Waals surface area (Å²) in [5.74, 6) is 0.0474. The van der Waals surface area contributed by atoms with E-state index in [9.17, 15) is 23.1 Å². The normalized spacial score (nSPS) is 12.7. The highest BCUT2D eigenvalue weighted by Gasteiger charge is 2.30. The van der Waals surface area contributed by atoms with E-state index in [-0.39, 0.29) is 24.8 Å². The van der Waals surface area contributed by atoms with Gasteiger partial charge in [-0.05, 0) is 44.3 Å². The summed E-state index contributed by atoms with van der Waals surface area (Å²) < 4.78 is 42.4. The Hall–Kier alpha value is -1.80. The molecule has 3 N–H and O–H groups in total. The summed E-state index contributed by atoms with van der Waals surface area (Å²) in [5, 5.41) is 15.2. The molecule has 23 heavy (non-hydrogen) atoms. The Balaban J connectivity index is 2.28. The Labute approximate surface area is 132 Å². The Morgan fingerprint density at radius 1 is 1.30 bits per heavy atom. The number of carbonyl (C=O) groups excluding carboxylic acids is 1. The molecule has 0 spiro atoms. The van der Waals surface area contributed by atoms with Crippen LogP contribution in [0.15, 0.2) is 24.3 Å². The van der Waals surface area contributed by atoms with Gasteiger partial charge in [0.15, 0.2) is 0 Å². The number of amides is 1. The highest BCUT2D eigenvalue weighted by Crippen LogP contribution is 2.30. The SMILES string of the molecule is CNCCCC(=O)NCC(O)COc1ccc(C(F)(F)F)cc1. The van der Waals surface area contributed by atoms with E-state index in [0.29, 0.717) is 12.8 Å². The van der Waals surface area contributed by atoms with E-state index in [4.69, 9.17) is 4.74 Å². The van der Waals surface area contributed by atoms with Crippen molar-refractivity contribution < 1.29 is 27.8 Å². The number of nitrogens with one attached hydrogen (secondary N) is 2. The lowest BCUT2D eigenvalue weighted by Gasteiger charge is -2.14. The van der Waals surface area contributed by atoms with Crippen LogP contribution in [0.4, 0.5) is 13.2 Å². The first-order valence-corrected chi connectivity index (χ1v) is 7.22. The molecule has 1 amide bonds. The van der Waals surface area contributed by atoms with Crippen LogP contribution in [-0.4, -0.2) is 43.9 Å². The van der Waals surface area contributed by atoms with Crippen LogP contribution in [0.3, 0.4) is 0 Å². The number of hydrogen-bond acceptors (Lipinski definition) is 4. The van der Waals surface area contributed by atoms with Crippen LogP contribution in [0.2, 0.25) is 0 Å². The average molecular weight is 334 g/mol. The minimum atomic E-state index is -4.39. The second kappa shape index (κ2) is 9.36. The highest BCUT2D eigenvalue weighted by molar-refractivity contribution is 5.75. The van der Waals surface area contributed by atoms with E-state index in [2.05, 4.69) is 10.6 Å². The summed E-state index contributed by atoms with van der Waals surface area (Å²) >= 11 is 0. The molecule has 0 fully saturated rings. The Morgan fingerprint density at radius 3 is 2.52 bits per heavy atom. The fourth-order valence-electron chi connectivity index (χ4n) is 1.74. The van der Waals surface area contributed by atoms with E-state index in [1.54, 1.807) is 7.05 Å². The number of aliphatic hydroxyl groups excluding tert-OH is 1. The largest absolute Gasteiger partial charge is 0.491 e. The van der Waals surface area contributed by atoms with E-state index >= 15 is 0 Å². The molecule has 1 unspecified atom stereocenters. The molecule has 0 saturated carbocycles. The Kier molecular flexibility index (Phi) is 7.84. The fourth-order valence-corrected chi connectivity index (χ4v) is 1.74. The summed E-state index contributed by atoms with van der Waals surface area (Å²) in [5.41, 5.74) is -0.765. The van der Waals surface area contributed by atoms with Crippen molar-refractivity contribution >= 4 is 5.91 Å². The third-order valence-electron chi connectivity index (χ3n) is 2.99. The van der Waals surface area contributed by atoms with Crippen molar-refractivity contribution in [2.24, 2.45) is 0 Å². The van der Waals surface area contributed by atoms with Gasteiger partial charge in [-0.15, -0.1) is 0 Å². The smallest absolute Gasteiger partial charge is 0.416 e. The van der Waals surface area contributed by atoms with Crippen molar-refractivity contribution in [2.75, 3.05) is 26.7 Å². The molecular weight excluding hydrogens is 313 g/mol. The minimum Gasteiger partial charge on any atom is -0.491 e. The molecule has 0 aliphatic carbocycles. The second-order valence-electron chi connectivity index (χ2n) is 5.00. The van der Waals surface area contributed by atoms with Gasteiger partial charge in [0, 0.05) is 13.0 Å². The molecule has 130 valence electrons. The first-order valence-electron chi connectivity index (χ1n) is 7.22. The molecule has 5 nitrogen and oxygen atoms in total. The van der Waals surface area contributed by atoms with Gasteiger partial charge in [-0.1, -0.05) is 0 Å². The maximum absolute atomic E-state index is 12.4. The van der Waals surface area contributed by atoms with E-state index < -0.39 is 17.8 Å². The van der Waals surface area contributed by atoms with Gasteiger partial charge in [0.05, 0.1) is 5.56 Å². The lowest BCUT2D eigenvalue weighted by atomic mass is 10.2. The molecule has 8 heteroatoms. The monoisotopic (exact) mass is 334 g/mol. The van der Waals surface area contributed by atoms with Crippen molar-refractivity contribution in [1.82, 2.24) is 10.6 Å². The number of benzene rings is 1. The quantitative estimate of drug-likeness (QED) is 0.600. The van der Waals surface area contributed by atoms with Crippen LogP contribution in [0.5, 0.6) is 5.75 Å². The molecule has 0 aliphatic heterocycles. The summed E-state index contributed by atoms with van der Waals surface area (Å²) in [6, 6.07) is 4.19. The molecule has 1 aromatic carbocycles. The van der Waals surface area contributed by atoms with Gasteiger partial charge in [-0.2, -0.15) is 13.2 Å². The van der Waals surface area contributed by atoms with Gasteiger partial charge in [0.1, 0.15) is 18.5 Å².